The molecule has 0 bridgehead atoms. The molecular formula is C6H12N2O4S. The summed E-state index contributed by atoms with van der Waals surface area (Å²) >= 11 is 0. The van der Waals surface area contributed by atoms with Gasteiger partial charge in [0, 0.05) is 26.0 Å². The zero-order chi connectivity index (χ0) is 9.90. The van der Waals surface area contributed by atoms with Gasteiger partial charge in [-0.15, -0.1) is 0 Å². The summed E-state index contributed by atoms with van der Waals surface area (Å²) in [5.41, 5.74) is 0. The summed E-state index contributed by atoms with van der Waals surface area (Å²) in [4.78, 5) is 3.80. The molecule has 1 rings (SSSR count). The van der Waals surface area contributed by atoms with Crippen molar-refractivity contribution in [2.75, 3.05) is 26.9 Å². The molecule has 6 nitrogen and oxygen atoms in total. The second-order valence-electron chi connectivity index (χ2n) is 2.76. The maximum absolute atomic E-state index is 10.2. The van der Waals surface area contributed by atoms with Gasteiger partial charge in [0.1, 0.15) is 0 Å². The van der Waals surface area contributed by atoms with E-state index in [4.69, 9.17) is 4.55 Å². The van der Waals surface area contributed by atoms with Crippen LogP contribution in [0.15, 0.2) is 12.4 Å². The molecule has 0 amide bonds. The first-order valence-corrected chi connectivity index (χ1v) is 5.08. The maximum atomic E-state index is 10.2. The van der Waals surface area contributed by atoms with Crippen molar-refractivity contribution < 1.29 is 17.2 Å². The summed E-state index contributed by atoms with van der Waals surface area (Å²) in [5.74, 6) is 0. The van der Waals surface area contributed by atoms with E-state index in [9.17, 15) is 8.42 Å². The van der Waals surface area contributed by atoms with Crippen molar-refractivity contribution in [1.29, 1.82) is 0 Å². The lowest BCUT2D eigenvalue weighted by atomic mass is 10.6. The molecule has 0 aliphatic carbocycles. The SMILES string of the molecule is CN1C=CN(CCOS(=O)(=O)O)C1. The van der Waals surface area contributed by atoms with Gasteiger partial charge in [-0.3, -0.25) is 4.55 Å². The van der Waals surface area contributed by atoms with E-state index in [2.05, 4.69) is 4.18 Å². The van der Waals surface area contributed by atoms with Crippen LogP contribution in [-0.4, -0.2) is 49.6 Å². The van der Waals surface area contributed by atoms with Gasteiger partial charge >= 0.3 is 10.4 Å². The number of hydrogen-bond acceptors (Lipinski definition) is 5. The highest BCUT2D eigenvalue weighted by Gasteiger charge is 2.09. The van der Waals surface area contributed by atoms with E-state index >= 15 is 0 Å². The Hall–Kier alpha value is -0.790. The van der Waals surface area contributed by atoms with Crippen LogP contribution >= 0.6 is 0 Å². The van der Waals surface area contributed by atoms with Crippen molar-refractivity contribution in [3.05, 3.63) is 12.4 Å². The highest BCUT2D eigenvalue weighted by molar-refractivity contribution is 7.80. The third-order valence-corrected chi connectivity index (χ3v) is 2.01. The Morgan fingerprint density at radius 2 is 2.23 bits per heavy atom. The summed E-state index contributed by atoms with van der Waals surface area (Å²) < 4.78 is 32.7. The van der Waals surface area contributed by atoms with Gasteiger partial charge in [-0.05, 0) is 0 Å². The Labute approximate surface area is 77.3 Å². The highest BCUT2D eigenvalue weighted by atomic mass is 32.3. The fraction of sp³-hybridized carbons (Fsp3) is 0.667. The van der Waals surface area contributed by atoms with Crippen molar-refractivity contribution >= 4 is 10.4 Å². The molecular weight excluding hydrogens is 196 g/mol. The summed E-state index contributed by atoms with van der Waals surface area (Å²) in [6.07, 6.45) is 3.70. The molecule has 1 aliphatic heterocycles. The van der Waals surface area contributed by atoms with Crippen LogP contribution in [-0.2, 0) is 14.6 Å². The van der Waals surface area contributed by atoms with E-state index in [0.29, 0.717) is 13.2 Å². The van der Waals surface area contributed by atoms with Crippen LogP contribution in [0.25, 0.3) is 0 Å². The Kier molecular flexibility index (Phi) is 3.12. The summed E-state index contributed by atoms with van der Waals surface area (Å²) in [6.45, 7) is 1.09. The normalized spacial score (nSPS) is 17.1. The van der Waals surface area contributed by atoms with E-state index < -0.39 is 10.4 Å². The minimum Gasteiger partial charge on any atom is -0.362 e. The summed E-state index contributed by atoms with van der Waals surface area (Å²) in [7, 11) is -2.39. The van der Waals surface area contributed by atoms with E-state index in [1.807, 2.05) is 29.2 Å². The van der Waals surface area contributed by atoms with E-state index in [0.717, 1.165) is 0 Å². The highest BCUT2D eigenvalue weighted by Crippen LogP contribution is 2.02. The Bertz CT molecular complexity index is 287. The first-order chi connectivity index (χ1) is 5.97. The van der Waals surface area contributed by atoms with Crippen LogP contribution in [0.1, 0.15) is 0 Å². The third kappa shape index (κ3) is 4.11. The van der Waals surface area contributed by atoms with Crippen molar-refractivity contribution in [1.82, 2.24) is 9.80 Å². The second-order valence-corrected chi connectivity index (χ2v) is 3.85. The average molecular weight is 208 g/mol. The molecule has 0 unspecified atom stereocenters. The summed E-state index contributed by atoms with van der Waals surface area (Å²) in [5, 5.41) is 0. The number of rotatable bonds is 4. The van der Waals surface area contributed by atoms with Gasteiger partial charge in [0.05, 0.1) is 13.3 Å². The molecule has 1 heterocycles. The summed E-state index contributed by atoms with van der Waals surface area (Å²) in [6, 6.07) is 0. The second kappa shape index (κ2) is 3.95. The fourth-order valence-corrected chi connectivity index (χ4v) is 1.28. The molecule has 7 heteroatoms. The predicted molar refractivity (Wildman–Crippen MR) is 46.0 cm³/mol. The molecule has 0 aromatic carbocycles. The minimum atomic E-state index is -4.29. The molecule has 0 aromatic rings. The smallest absolute Gasteiger partial charge is 0.362 e. The Balaban J connectivity index is 2.18. The number of nitrogens with zero attached hydrogens (tertiary/aromatic N) is 2. The molecule has 0 saturated carbocycles. The topological polar surface area (TPSA) is 70.1 Å². The molecule has 0 aromatic heterocycles. The fourth-order valence-electron chi connectivity index (χ4n) is 0.994. The zero-order valence-corrected chi connectivity index (χ0v) is 8.07. The molecule has 0 fully saturated rings. The van der Waals surface area contributed by atoms with Crippen molar-refractivity contribution in [2.45, 2.75) is 0 Å². The van der Waals surface area contributed by atoms with Crippen molar-refractivity contribution in [2.24, 2.45) is 0 Å². The van der Waals surface area contributed by atoms with Crippen LogP contribution in [0.4, 0.5) is 0 Å². The molecule has 0 atom stereocenters. The van der Waals surface area contributed by atoms with E-state index in [1.54, 1.807) is 0 Å². The largest absolute Gasteiger partial charge is 0.397 e. The van der Waals surface area contributed by atoms with Gasteiger partial charge in [-0.2, -0.15) is 8.42 Å². The van der Waals surface area contributed by atoms with Crippen LogP contribution in [0, 0.1) is 0 Å². The van der Waals surface area contributed by atoms with Gasteiger partial charge in [0.25, 0.3) is 0 Å². The van der Waals surface area contributed by atoms with Gasteiger partial charge in [-0.25, -0.2) is 4.18 Å². The molecule has 76 valence electrons. The average Bonchev–Trinajstić information content (AvgIpc) is 2.33. The van der Waals surface area contributed by atoms with E-state index in [-0.39, 0.29) is 6.61 Å². The van der Waals surface area contributed by atoms with Crippen LogP contribution < -0.4 is 0 Å². The van der Waals surface area contributed by atoms with Crippen LogP contribution in [0.3, 0.4) is 0 Å². The monoisotopic (exact) mass is 208 g/mol. The molecule has 0 saturated heterocycles. The van der Waals surface area contributed by atoms with Gasteiger partial charge in [0.15, 0.2) is 0 Å². The first kappa shape index (κ1) is 10.3. The van der Waals surface area contributed by atoms with Gasteiger partial charge < -0.3 is 9.80 Å². The van der Waals surface area contributed by atoms with Crippen molar-refractivity contribution in [3.8, 4) is 0 Å². The number of hydrogen-bond donors (Lipinski definition) is 1. The Morgan fingerprint density at radius 1 is 1.54 bits per heavy atom. The lowest BCUT2D eigenvalue weighted by Gasteiger charge is -2.16. The van der Waals surface area contributed by atoms with Crippen molar-refractivity contribution in [3.63, 3.8) is 0 Å². The third-order valence-electron chi connectivity index (χ3n) is 1.55. The lowest BCUT2D eigenvalue weighted by Crippen LogP contribution is -2.26. The Morgan fingerprint density at radius 3 is 2.69 bits per heavy atom. The molecule has 13 heavy (non-hydrogen) atoms. The maximum Gasteiger partial charge on any atom is 0.397 e. The zero-order valence-electron chi connectivity index (χ0n) is 7.25. The molecule has 0 spiro atoms. The van der Waals surface area contributed by atoms with Crippen LogP contribution in [0.5, 0.6) is 0 Å². The standard InChI is InChI=1S/C6H12N2O4S/c1-7-2-3-8(6-7)4-5-12-13(9,10)11/h2-3H,4-6H2,1H3,(H,9,10,11). The van der Waals surface area contributed by atoms with E-state index in [1.165, 1.54) is 0 Å². The quantitative estimate of drug-likeness (QED) is 0.627. The predicted octanol–water partition coefficient (Wildman–Crippen LogP) is -0.518. The molecule has 1 aliphatic rings. The first-order valence-electron chi connectivity index (χ1n) is 3.72. The van der Waals surface area contributed by atoms with Gasteiger partial charge in [-0.1, -0.05) is 0 Å². The lowest BCUT2D eigenvalue weighted by molar-refractivity contribution is 0.215. The van der Waals surface area contributed by atoms with Gasteiger partial charge in [0.2, 0.25) is 0 Å². The molecule has 0 radical (unpaired) electrons. The molecule has 1 N–H and O–H groups in total. The minimum absolute atomic E-state index is 0.0446. The van der Waals surface area contributed by atoms with Crippen LogP contribution in [0.2, 0.25) is 0 Å².